The number of nitrogens with zero attached hydrogens (tertiary/aromatic N) is 4. The van der Waals surface area contributed by atoms with Crippen molar-refractivity contribution in [1.29, 1.82) is 0 Å². The number of nitrogen functional groups attached to an aromatic ring is 1. The highest BCUT2D eigenvalue weighted by atomic mass is 32.1. The number of thiazole rings is 1. The molecule has 0 spiro atoms. The fraction of sp³-hybridized carbons (Fsp3) is 0.529. The Morgan fingerprint density at radius 1 is 1.23 bits per heavy atom. The van der Waals surface area contributed by atoms with Crippen LogP contribution in [0.2, 0.25) is 0 Å². The Morgan fingerprint density at radius 2 is 1.96 bits per heavy atom. The SMILES string of the molecule is CCn1c(=O)c(C(=O)CN2CCCCC2)c(N)n(Cc2nccs2)c1=O. The van der Waals surface area contributed by atoms with Gasteiger partial charge in [-0.15, -0.1) is 11.3 Å². The number of anilines is 1. The van der Waals surface area contributed by atoms with Crippen LogP contribution in [0.25, 0.3) is 0 Å². The molecule has 0 unspecified atom stereocenters. The molecule has 1 fully saturated rings. The summed E-state index contributed by atoms with van der Waals surface area (Å²) in [4.78, 5) is 44.4. The van der Waals surface area contributed by atoms with Crippen LogP contribution in [0.3, 0.4) is 0 Å². The summed E-state index contributed by atoms with van der Waals surface area (Å²) in [5, 5.41) is 2.49. The van der Waals surface area contributed by atoms with Crippen molar-refractivity contribution in [3.05, 3.63) is 43.0 Å². The number of ketones is 1. The van der Waals surface area contributed by atoms with E-state index in [-0.39, 0.29) is 36.8 Å². The molecule has 8 nitrogen and oxygen atoms in total. The van der Waals surface area contributed by atoms with Gasteiger partial charge in [0.05, 0.1) is 13.1 Å². The van der Waals surface area contributed by atoms with Crippen LogP contribution in [-0.2, 0) is 13.1 Å². The van der Waals surface area contributed by atoms with Crippen molar-refractivity contribution in [2.75, 3.05) is 25.4 Å². The first kappa shape index (κ1) is 18.5. The van der Waals surface area contributed by atoms with E-state index in [1.54, 1.807) is 18.5 Å². The summed E-state index contributed by atoms with van der Waals surface area (Å²) < 4.78 is 2.33. The van der Waals surface area contributed by atoms with Gasteiger partial charge in [0.1, 0.15) is 16.4 Å². The lowest BCUT2D eigenvalue weighted by Crippen LogP contribution is -2.45. The normalized spacial score (nSPS) is 15.3. The molecule has 2 N–H and O–H groups in total. The highest BCUT2D eigenvalue weighted by molar-refractivity contribution is 7.09. The van der Waals surface area contributed by atoms with E-state index in [9.17, 15) is 14.4 Å². The largest absolute Gasteiger partial charge is 0.384 e. The van der Waals surface area contributed by atoms with Gasteiger partial charge < -0.3 is 5.73 Å². The predicted molar refractivity (Wildman–Crippen MR) is 101 cm³/mol. The zero-order chi connectivity index (χ0) is 18.7. The fourth-order valence-electron chi connectivity index (χ4n) is 3.27. The third-order valence-electron chi connectivity index (χ3n) is 4.66. The number of carbonyl (C=O) groups excluding carboxylic acids is 1. The first-order chi connectivity index (χ1) is 12.5. The van der Waals surface area contributed by atoms with Gasteiger partial charge >= 0.3 is 5.69 Å². The zero-order valence-electron chi connectivity index (χ0n) is 14.8. The van der Waals surface area contributed by atoms with Gasteiger partial charge in [0.2, 0.25) is 0 Å². The Balaban J connectivity index is 2.01. The molecular weight excluding hydrogens is 354 g/mol. The van der Waals surface area contributed by atoms with Gasteiger partial charge in [-0.25, -0.2) is 9.78 Å². The number of hydrogen-bond acceptors (Lipinski definition) is 7. The van der Waals surface area contributed by atoms with Crippen LogP contribution in [0.1, 0.15) is 41.6 Å². The fourth-order valence-corrected chi connectivity index (χ4v) is 3.88. The third kappa shape index (κ3) is 3.63. The van der Waals surface area contributed by atoms with Crippen molar-refractivity contribution in [3.8, 4) is 0 Å². The van der Waals surface area contributed by atoms with Crippen molar-refractivity contribution in [3.63, 3.8) is 0 Å². The maximum Gasteiger partial charge on any atom is 0.332 e. The first-order valence-corrected chi connectivity index (χ1v) is 9.68. The monoisotopic (exact) mass is 377 g/mol. The molecule has 3 rings (SSSR count). The van der Waals surface area contributed by atoms with E-state index in [0.29, 0.717) is 5.01 Å². The quantitative estimate of drug-likeness (QED) is 0.747. The van der Waals surface area contributed by atoms with E-state index < -0.39 is 11.2 Å². The summed E-state index contributed by atoms with van der Waals surface area (Å²) in [5.41, 5.74) is 4.91. The molecule has 140 valence electrons. The maximum absolute atomic E-state index is 12.8. The number of carbonyl (C=O) groups is 1. The van der Waals surface area contributed by atoms with E-state index in [2.05, 4.69) is 4.98 Å². The number of aromatic nitrogens is 3. The van der Waals surface area contributed by atoms with Crippen LogP contribution < -0.4 is 17.0 Å². The van der Waals surface area contributed by atoms with E-state index >= 15 is 0 Å². The number of Topliss-reactive ketones (excluding diaryl/α,β-unsaturated/α-hetero) is 1. The van der Waals surface area contributed by atoms with E-state index in [1.165, 1.54) is 15.9 Å². The molecule has 3 heterocycles. The molecule has 1 saturated heterocycles. The van der Waals surface area contributed by atoms with Crippen molar-refractivity contribution in [2.24, 2.45) is 0 Å². The average Bonchev–Trinajstić information content (AvgIpc) is 3.13. The predicted octanol–water partition coefficient (Wildman–Crippen LogP) is 0.785. The Kier molecular flexibility index (Phi) is 5.67. The summed E-state index contributed by atoms with van der Waals surface area (Å²) in [6.07, 6.45) is 4.89. The molecule has 0 radical (unpaired) electrons. The first-order valence-electron chi connectivity index (χ1n) is 8.80. The molecule has 1 aliphatic heterocycles. The lowest BCUT2D eigenvalue weighted by Gasteiger charge is -2.25. The highest BCUT2D eigenvalue weighted by Crippen LogP contribution is 2.13. The Hall–Kier alpha value is -2.26. The Morgan fingerprint density at radius 3 is 2.58 bits per heavy atom. The van der Waals surface area contributed by atoms with Gasteiger partial charge in [-0.2, -0.15) is 0 Å². The van der Waals surface area contributed by atoms with Gasteiger partial charge in [0, 0.05) is 18.1 Å². The Bertz CT molecular complexity index is 894. The van der Waals surface area contributed by atoms with Gasteiger partial charge in [-0.3, -0.25) is 23.6 Å². The molecule has 0 aromatic carbocycles. The lowest BCUT2D eigenvalue weighted by atomic mass is 10.1. The van der Waals surface area contributed by atoms with Crippen molar-refractivity contribution >= 4 is 22.9 Å². The minimum absolute atomic E-state index is 0.0677. The summed E-state index contributed by atoms with van der Waals surface area (Å²) in [6.45, 7) is 3.86. The van der Waals surface area contributed by atoms with Gasteiger partial charge in [0.25, 0.3) is 5.56 Å². The van der Waals surface area contributed by atoms with E-state index in [4.69, 9.17) is 5.73 Å². The van der Waals surface area contributed by atoms with Gasteiger partial charge in [0.15, 0.2) is 5.78 Å². The van der Waals surface area contributed by atoms with Gasteiger partial charge in [-0.05, 0) is 32.9 Å². The van der Waals surface area contributed by atoms with Crippen LogP contribution in [0.5, 0.6) is 0 Å². The molecule has 2 aromatic heterocycles. The molecular formula is C17H23N5O3S. The summed E-state index contributed by atoms with van der Waals surface area (Å²) >= 11 is 1.39. The molecule has 0 saturated carbocycles. The Labute approximate surface area is 154 Å². The molecule has 0 amide bonds. The van der Waals surface area contributed by atoms with Crippen molar-refractivity contribution in [1.82, 2.24) is 19.0 Å². The van der Waals surface area contributed by atoms with E-state index in [1.807, 2.05) is 4.90 Å². The van der Waals surface area contributed by atoms with Crippen molar-refractivity contribution < 1.29 is 4.79 Å². The zero-order valence-corrected chi connectivity index (χ0v) is 15.6. The minimum atomic E-state index is -0.604. The number of hydrogen-bond donors (Lipinski definition) is 1. The number of nitrogens with two attached hydrogens (primary N) is 1. The van der Waals surface area contributed by atoms with Crippen molar-refractivity contribution in [2.45, 2.75) is 39.3 Å². The topological polar surface area (TPSA) is 103 Å². The van der Waals surface area contributed by atoms with Crippen LogP contribution in [0, 0.1) is 0 Å². The van der Waals surface area contributed by atoms with Crippen LogP contribution in [-0.4, -0.2) is 44.4 Å². The number of rotatable bonds is 6. The second-order valence-corrected chi connectivity index (χ2v) is 7.34. The number of piperidine rings is 1. The second kappa shape index (κ2) is 7.96. The minimum Gasteiger partial charge on any atom is -0.384 e. The van der Waals surface area contributed by atoms with Gasteiger partial charge in [-0.1, -0.05) is 6.42 Å². The molecule has 26 heavy (non-hydrogen) atoms. The number of likely N-dealkylation sites (tertiary alicyclic amines) is 1. The summed E-state index contributed by atoms with van der Waals surface area (Å²) in [5.74, 6) is -0.397. The highest BCUT2D eigenvalue weighted by Gasteiger charge is 2.24. The van der Waals surface area contributed by atoms with Crippen LogP contribution >= 0.6 is 11.3 Å². The summed E-state index contributed by atoms with van der Waals surface area (Å²) in [6, 6.07) is 0. The van der Waals surface area contributed by atoms with E-state index in [0.717, 1.165) is 36.9 Å². The maximum atomic E-state index is 12.8. The smallest absolute Gasteiger partial charge is 0.332 e. The van der Waals surface area contributed by atoms with Crippen LogP contribution in [0.15, 0.2) is 21.2 Å². The molecule has 0 bridgehead atoms. The molecule has 0 aliphatic carbocycles. The lowest BCUT2D eigenvalue weighted by molar-refractivity contribution is 0.0913. The molecule has 0 atom stereocenters. The molecule has 1 aliphatic rings. The standard InChI is InChI=1S/C17H23N5O3S/c1-2-21-16(24)14(12(23)10-20-7-4-3-5-8-20)15(18)22(17(21)25)11-13-19-6-9-26-13/h6,9H,2-5,7-8,10-11,18H2,1H3. The third-order valence-corrected chi connectivity index (χ3v) is 5.42. The second-order valence-electron chi connectivity index (χ2n) is 6.36. The molecule has 2 aromatic rings. The average molecular weight is 377 g/mol. The summed E-state index contributed by atoms with van der Waals surface area (Å²) in [7, 11) is 0. The van der Waals surface area contributed by atoms with Crippen LogP contribution in [0.4, 0.5) is 5.82 Å². The molecule has 9 heteroatoms.